The Morgan fingerprint density at radius 1 is 1.20 bits per heavy atom. The highest BCUT2D eigenvalue weighted by atomic mass is 16.5. The van der Waals surface area contributed by atoms with E-state index in [-0.39, 0.29) is 11.5 Å². The molecule has 0 aliphatic heterocycles. The lowest BCUT2D eigenvalue weighted by Crippen LogP contribution is -2.30. The fraction of sp³-hybridized carbons (Fsp3) is 0.278. The number of carbonyl (C=O) groups is 3. The van der Waals surface area contributed by atoms with E-state index >= 15 is 0 Å². The van der Waals surface area contributed by atoms with Gasteiger partial charge in [0.25, 0.3) is 5.91 Å². The van der Waals surface area contributed by atoms with Gasteiger partial charge in [-0.15, -0.1) is 0 Å². The van der Waals surface area contributed by atoms with E-state index in [1.165, 1.54) is 26.1 Å². The van der Waals surface area contributed by atoms with Crippen molar-refractivity contribution >= 4 is 23.3 Å². The Morgan fingerprint density at radius 3 is 2.44 bits per heavy atom. The van der Waals surface area contributed by atoms with Crippen LogP contribution in [0.5, 0.6) is 5.75 Å². The number of anilines is 1. The normalized spacial score (nSPS) is 11.5. The van der Waals surface area contributed by atoms with Gasteiger partial charge >= 0.3 is 5.97 Å². The molecule has 1 atom stereocenters. The van der Waals surface area contributed by atoms with Gasteiger partial charge in [-0.2, -0.15) is 0 Å². The fourth-order valence-corrected chi connectivity index (χ4v) is 2.04. The Kier molecular flexibility index (Phi) is 5.94. The summed E-state index contributed by atoms with van der Waals surface area (Å²) in [5.74, 6) is -0.637. The summed E-state index contributed by atoms with van der Waals surface area (Å²) in [5.41, 5.74) is 1.06. The van der Waals surface area contributed by atoms with E-state index in [1.807, 2.05) is 6.92 Å². The molecule has 2 rings (SSSR count). The molecule has 0 radical (unpaired) electrons. The summed E-state index contributed by atoms with van der Waals surface area (Å²) >= 11 is 0. The third-order valence-corrected chi connectivity index (χ3v) is 3.40. The number of hydrogen-bond acceptors (Lipinski definition) is 5. The van der Waals surface area contributed by atoms with Crippen molar-refractivity contribution in [1.82, 2.24) is 4.98 Å². The van der Waals surface area contributed by atoms with Crippen LogP contribution < -0.4 is 10.1 Å². The van der Waals surface area contributed by atoms with Crippen LogP contribution in [-0.2, 0) is 9.53 Å². The maximum atomic E-state index is 12.1. The Balaban J connectivity index is 1.92. The summed E-state index contributed by atoms with van der Waals surface area (Å²) in [6.45, 7) is 5.31. The summed E-state index contributed by atoms with van der Waals surface area (Å²) < 4.78 is 10.4. The summed E-state index contributed by atoms with van der Waals surface area (Å²) in [6.07, 6.45) is 0.423. The lowest BCUT2D eigenvalue weighted by Gasteiger charge is -2.13. The molecule has 0 saturated carbocycles. The predicted molar refractivity (Wildman–Crippen MR) is 91.9 cm³/mol. The van der Waals surface area contributed by atoms with Gasteiger partial charge in [0.05, 0.1) is 6.61 Å². The number of hydrogen-bond donors (Lipinski definition) is 2. The van der Waals surface area contributed by atoms with Crippen molar-refractivity contribution in [1.29, 1.82) is 0 Å². The number of aromatic amines is 1. The van der Waals surface area contributed by atoms with Gasteiger partial charge in [0.2, 0.25) is 0 Å². The second kappa shape index (κ2) is 8.14. The highest BCUT2D eigenvalue weighted by molar-refractivity contribution is 5.99. The molecule has 7 nitrogen and oxygen atoms in total. The molecule has 1 aromatic heterocycles. The first-order chi connectivity index (χ1) is 11.9. The quantitative estimate of drug-likeness (QED) is 0.594. The van der Waals surface area contributed by atoms with Crippen LogP contribution in [0.2, 0.25) is 0 Å². The predicted octanol–water partition coefficient (Wildman–Crippen LogP) is 2.80. The Morgan fingerprint density at radius 2 is 1.88 bits per heavy atom. The van der Waals surface area contributed by atoms with Gasteiger partial charge in [-0.05, 0) is 51.1 Å². The number of esters is 1. The van der Waals surface area contributed by atoms with Crippen molar-refractivity contribution in [3.8, 4) is 5.75 Å². The molecule has 132 valence electrons. The lowest BCUT2D eigenvalue weighted by atomic mass is 10.2. The number of Topliss-reactive ketones (excluding diaryl/α,β-unsaturated/α-hetero) is 1. The molecular weight excluding hydrogens is 324 g/mol. The third-order valence-electron chi connectivity index (χ3n) is 3.40. The lowest BCUT2D eigenvalue weighted by molar-refractivity contribution is -0.123. The number of ether oxygens (including phenoxy) is 2. The Labute approximate surface area is 145 Å². The van der Waals surface area contributed by atoms with E-state index in [0.29, 0.717) is 23.6 Å². The van der Waals surface area contributed by atoms with E-state index < -0.39 is 18.0 Å². The highest BCUT2D eigenvalue weighted by Crippen LogP contribution is 2.16. The Bertz CT molecular complexity index is 764. The number of H-pyrrole nitrogens is 1. The standard InChI is InChI=1S/C18H20N2O5/c1-4-24-15-7-5-14(6-8-15)20-17(22)12(3)25-18(23)16-9-13(10-19-16)11(2)21/h5-10,12,19H,4H2,1-3H3,(H,20,22)/t12-/m1/s1. The molecule has 0 fully saturated rings. The summed E-state index contributed by atoms with van der Waals surface area (Å²) in [7, 11) is 0. The van der Waals surface area contributed by atoms with E-state index in [0.717, 1.165) is 0 Å². The molecule has 0 aliphatic carbocycles. The minimum Gasteiger partial charge on any atom is -0.494 e. The third kappa shape index (κ3) is 4.94. The van der Waals surface area contributed by atoms with Crippen molar-refractivity contribution in [3.05, 3.63) is 47.8 Å². The van der Waals surface area contributed by atoms with Crippen molar-refractivity contribution in [3.63, 3.8) is 0 Å². The van der Waals surface area contributed by atoms with E-state index in [2.05, 4.69) is 10.3 Å². The van der Waals surface area contributed by atoms with E-state index in [4.69, 9.17) is 9.47 Å². The molecule has 0 saturated heterocycles. The highest BCUT2D eigenvalue weighted by Gasteiger charge is 2.20. The minimum absolute atomic E-state index is 0.117. The van der Waals surface area contributed by atoms with Crippen molar-refractivity contribution in [2.45, 2.75) is 26.9 Å². The molecule has 1 aromatic carbocycles. The smallest absolute Gasteiger partial charge is 0.355 e. The van der Waals surface area contributed by atoms with Crippen LogP contribution in [0.15, 0.2) is 36.5 Å². The number of amides is 1. The molecule has 2 N–H and O–H groups in total. The molecule has 25 heavy (non-hydrogen) atoms. The zero-order chi connectivity index (χ0) is 18.4. The average molecular weight is 344 g/mol. The number of benzene rings is 1. The van der Waals surface area contributed by atoms with Gasteiger partial charge in [-0.1, -0.05) is 0 Å². The van der Waals surface area contributed by atoms with Crippen LogP contribution in [-0.4, -0.2) is 35.4 Å². The van der Waals surface area contributed by atoms with E-state index in [1.54, 1.807) is 24.3 Å². The maximum absolute atomic E-state index is 12.1. The topological polar surface area (TPSA) is 97.5 Å². The largest absolute Gasteiger partial charge is 0.494 e. The minimum atomic E-state index is -0.997. The first-order valence-corrected chi connectivity index (χ1v) is 7.84. The van der Waals surface area contributed by atoms with Gasteiger partial charge in [0.1, 0.15) is 11.4 Å². The number of rotatable bonds is 7. The van der Waals surface area contributed by atoms with Crippen LogP contribution in [0.1, 0.15) is 41.6 Å². The van der Waals surface area contributed by atoms with Crippen molar-refractivity contribution in [2.75, 3.05) is 11.9 Å². The molecule has 0 spiro atoms. The van der Waals surface area contributed by atoms with Crippen LogP contribution in [0.3, 0.4) is 0 Å². The second-order valence-corrected chi connectivity index (χ2v) is 5.35. The fourth-order valence-electron chi connectivity index (χ4n) is 2.04. The zero-order valence-corrected chi connectivity index (χ0v) is 14.3. The number of carbonyl (C=O) groups excluding carboxylic acids is 3. The number of nitrogens with one attached hydrogen (secondary N) is 2. The molecule has 0 unspecified atom stereocenters. The summed E-state index contributed by atoms with van der Waals surface area (Å²) in [5, 5.41) is 2.66. The van der Waals surface area contributed by atoms with Crippen LogP contribution in [0.25, 0.3) is 0 Å². The molecule has 2 aromatic rings. The van der Waals surface area contributed by atoms with Crippen LogP contribution in [0, 0.1) is 0 Å². The zero-order valence-electron chi connectivity index (χ0n) is 14.3. The van der Waals surface area contributed by atoms with Crippen LogP contribution >= 0.6 is 0 Å². The SMILES string of the molecule is CCOc1ccc(NC(=O)[C@@H](C)OC(=O)c2cc(C(C)=O)c[nH]2)cc1. The second-order valence-electron chi connectivity index (χ2n) is 5.35. The van der Waals surface area contributed by atoms with Gasteiger partial charge in [0.15, 0.2) is 11.9 Å². The first-order valence-electron chi connectivity index (χ1n) is 7.84. The molecule has 0 aliphatic rings. The Hall–Kier alpha value is -3.09. The van der Waals surface area contributed by atoms with Gasteiger partial charge in [-0.25, -0.2) is 4.79 Å². The van der Waals surface area contributed by atoms with E-state index in [9.17, 15) is 14.4 Å². The van der Waals surface area contributed by atoms with Crippen molar-refractivity contribution < 1.29 is 23.9 Å². The van der Waals surface area contributed by atoms with Crippen LogP contribution in [0.4, 0.5) is 5.69 Å². The maximum Gasteiger partial charge on any atom is 0.355 e. The number of aromatic nitrogens is 1. The molecule has 1 heterocycles. The molecule has 1 amide bonds. The average Bonchev–Trinajstić information content (AvgIpc) is 3.07. The molecular formula is C18H20N2O5. The summed E-state index contributed by atoms with van der Waals surface area (Å²) in [4.78, 5) is 38.0. The summed E-state index contributed by atoms with van der Waals surface area (Å²) in [6, 6.07) is 8.25. The monoisotopic (exact) mass is 344 g/mol. The molecule has 0 bridgehead atoms. The van der Waals surface area contributed by atoms with Gasteiger partial charge in [-0.3, -0.25) is 9.59 Å². The number of ketones is 1. The first kappa shape index (κ1) is 18.3. The van der Waals surface area contributed by atoms with Crippen molar-refractivity contribution in [2.24, 2.45) is 0 Å². The molecule has 7 heteroatoms. The van der Waals surface area contributed by atoms with Gasteiger partial charge < -0.3 is 19.8 Å². The van der Waals surface area contributed by atoms with Gasteiger partial charge in [0, 0.05) is 17.4 Å².